The zero-order valence-electron chi connectivity index (χ0n) is 58.0. The van der Waals surface area contributed by atoms with Crippen LogP contribution in [0, 0.1) is 34.5 Å². The summed E-state index contributed by atoms with van der Waals surface area (Å²) >= 11 is 0. The van der Waals surface area contributed by atoms with E-state index in [-0.39, 0.29) is 48.2 Å². The van der Waals surface area contributed by atoms with E-state index in [1.807, 2.05) is 0 Å². The summed E-state index contributed by atoms with van der Waals surface area (Å²) in [6.45, 7) is 40.9. The van der Waals surface area contributed by atoms with Crippen molar-refractivity contribution in [2.24, 2.45) is 34.5 Å². The number of fused-ring (bicyclic) bond motifs is 5. The van der Waals surface area contributed by atoms with Gasteiger partial charge in [0.15, 0.2) is 58.1 Å². The van der Waals surface area contributed by atoms with Crippen LogP contribution in [0.1, 0.15) is 173 Å². The second-order valence-electron chi connectivity index (χ2n) is 28.9. The lowest BCUT2D eigenvalue weighted by Crippen LogP contribution is -2.66. The van der Waals surface area contributed by atoms with Gasteiger partial charge in [-0.05, 0) is 179 Å². The lowest BCUT2D eigenvalue weighted by molar-refractivity contribution is -0.342. The summed E-state index contributed by atoms with van der Waals surface area (Å²) in [6.07, 6.45) is -0.917. The Kier molecular flexibility index (Phi) is 24.5. The third-order valence-corrected chi connectivity index (χ3v) is 42.6. The number of esters is 3. The molecule has 2 heterocycles. The molecule has 88 heavy (non-hydrogen) atoms. The van der Waals surface area contributed by atoms with Gasteiger partial charge in [-0.3, -0.25) is 9.59 Å². The number of benzene rings is 1. The highest BCUT2D eigenvalue weighted by Crippen LogP contribution is 2.69. The van der Waals surface area contributed by atoms with Crippen LogP contribution in [0.2, 0.25) is 72.5 Å². The first-order valence-electron chi connectivity index (χ1n) is 34.4. The molecule has 502 valence electrons. The number of carbonyl (C=O) groups excluding carboxylic acids is 3. The van der Waals surface area contributed by atoms with E-state index in [4.69, 9.17) is 55.6 Å². The predicted molar refractivity (Wildman–Crippen MR) is 353 cm³/mol. The molecule has 17 atom stereocenters. The summed E-state index contributed by atoms with van der Waals surface area (Å²) in [5, 5.41) is 14.1. The highest BCUT2D eigenvalue weighted by molar-refractivity contribution is 6.75. The second-order valence-corrected chi connectivity index (χ2v) is 47.8. The molecule has 0 spiro atoms. The molecule has 0 bridgehead atoms. The van der Waals surface area contributed by atoms with Crippen LogP contribution < -0.4 is 4.74 Å². The van der Waals surface area contributed by atoms with Crippen molar-refractivity contribution in [2.45, 2.75) is 302 Å². The fourth-order valence-electron chi connectivity index (χ4n) is 16.6. The van der Waals surface area contributed by atoms with Gasteiger partial charge in [-0.25, -0.2) is 4.79 Å². The maximum Gasteiger partial charge on any atom is 0.338 e. The van der Waals surface area contributed by atoms with Gasteiger partial charge in [0.05, 0.1) is 56.7 Å². The van der Waals surface area contributed by atoms with Crippen LogP contribution in [0.15, 0.2) is 35.9 Å². The van der Waals surface area contributed by atoms with E-state index < -0.39 is 123 Å². The molecule has 3 saturated carbocycles. The van der Waals surface area contributed by atoms with E-state index >= 15 is 0 Å². The summed E-state index contributed by atoms with van der Waals surface area (Å²) in [5.74, 6) is -1.64. The van der Waals surface area contributed by atoms with Crippen LogP contribution in [0.5, 0.6) is 5.75 Å². The fraction of sp³-hybridized carbons (Fsp3) is 0.838. The molecule has 1 aromatic carbocycles. The summed E-state index contributed by atoms with van der Waals surface area (Å²) < 4.78 is 82.7. The maximum atomic E-state index is 14.8. The third kappa shape index (κ3) is 14.5. The number of methoxy groups -OCH3 is 1. The topological polar surface area (TPSA) is 182 Å². The van der Waals surface area contributed by atoms with Gasteiger partial charge in [-0.2, -0.15) is 0 Å². The molecular weight excluding hydrogens is 1190 g/mol. The average Bonchev–Trinajstić information content (AvgIpc) is 1.52. The van der Waals surface area contributed by atoms with Gasteiger partial charge in [-0.1, -0.05) is 109 Å². The lowest BCUT2D eigenvalue weighted by Gasteiger charge is -2.59. The Morgan fingerprint density at radius 3 is 1.72 bits per heavy atom. The Hall–Kier alpha value is -2.32. The van der Waals surface area contributed by atoms with E-state index in [9.17, 15) is 19.5 Å². The van der Waals surface area contributed by atoms with Crippen LogP contribution >= 0.6 is 0 Å². The SMILES string of the molecule is CCOC(=O)[C@@H](C)[C@@]1(O)[C@@H](O[C@@H]2OC[C@H](O[Si](CC)(CC)CC)[C@H](O[C@@H]3OC[C@@H](O[Si](CC)(CC)CC)[C@H](O[Si](CC)(CC)CC)[C@H]3OC(=O)c3ccc(OC)cc3)[C@H]2OC(C)=O)C[C@H]2[C@@H]3CC=C4C[C@@H](O[Si](C)(C)C(C)(C)C)CC[C@]4(C)[C@H]3CC[C@@]21C. The van der Waals surface area contributed by atoms with Gasteiger partial charge in [0, 0.05) is 18.4 Å². The molecule has 7 rings (SSSR count). The van der Waals surface area contributed by atoms with Gasteiger partial charge < -0.3 is 60.7 Å². The molecule has 0 amide bonds. The number of allylic oxidation sites excluding steroid dienone is 1. The van der Waals surface area contributed by atoms with Crippen molar-refractivity contribution in [3.8, 4) is 5.75 Å². The first-order chi connectivity index (χ1) is 41.5. The normalized spacial score (nSPS) is 34.1. The van der Waals surface area contributed by atoms with E-state index in [1.165, 1.54) is 12.5 Å². The Morgan fingerprint density at radius 2 is 1.20 bits per heavy atom. The third-order valence-electron chi connectivity index (χ3n) is 24.1. The van der Waals surface area contributed by atoms with E-state index in [1.54, 1.807) is 45.2 Å². The van der Waals surface area contributed by atoms with Crippen molar-refractivity contribution >= 4 is 51.2 Å². The van der Waals surface area contributed by atoms with Gasteiger partial charge in [-0.15, -0.1) is 0 Å². The standard InChI is InChI=1S/C68H118O16Si4/c1-21-74-61(70)45(11)68(72)56(42-53-51-36-33-48-41-50(81-85(19,20)65(13,14)15)37-39-66(48,16)52(51)38-40-67(53,68)17)78-63-59(77-46(12)69)57(54(43-75-63)82-86(22-2,23-3)24-4)80-64-60(79-62(71)47-31-34-49(73-18)35-32-47)58(84-88(28-8,29-9)30-10)55(44-76-64)83-87(25-5,26-6)27-7/h31-35,45,50-60,63-64,72H,21-30,36-44H2,1-20H3/t45-,50+,51-,52+,53+,54+,55-,56+,57+,58+,59-,60-,63+,64+,66+,67+,68-/m1/s1. The van der Waals surface area contributed by atoms with Crippen LogP contribution in [0.25, 0.3) is 0 Å². The zero-order chi connectivity index (χ0) is 65.0. The molecule has 0 unspecified atom stereocenters. The van der Waals surface area contributed by atoms with Crippen molar-refractivity contribution in [3.05, 3.63) is 41.5 Å². The van der Waals surface area contributed by atoms with Crippen LogP contribution in [0.3, 0.4) is 0 Å². The number of hydrogen-bond donors (Lipinski definition) is 1. The average molecular weight is 1300 g/mol. The summed E-state index contributed by atoms with van der Waals surface area (Å²) in [6, 6.07) is 14.3. The Labute approximate surface area is 534 Å². The van der Waals surface area contributed by atoms with Crippen LogP contribution in [0.4, 0.5) is 0 Å². The van der Waals surface area contributed by atoms with Crippen LogP contribution in [-0.2, 0) is 60.5 Å². The minimum atomic E-state index is -2.52. The molecule has 16 nitrogen and oxygen atoms in total. The molecule has 5 fully saturated rings. The number of rotatable bonds is 28. The molecule has 4 aliphatic carbocycles. The van der Waals surface area contributed by atoms with Crippen molar-refractivity contribution in [3.63, 3.8) is 0 Å². The summed E-state index contributed by atoms with van der Waals surface area (Å²) in [5.41, 5.74) is -0.776. The first kappa shape index (κ1) is 73.1. The minimum absolute atomic E-state index is 0.0261. The Morgan fingerprint density at radius 1 is 0.682 bits per heavy atom. The summed E-state index contributed by atoms with van der Waals surface area (Å²) in [4.78, 5) is 43.0. The first-order valence-corrected chi connectivity index (χ1v) is 44.9. The number of ether oxygens (including phenoxy) is 8. The largest absolute Gasteiger partial charge is 0.497 e. The zero-order valence-corrected chi connectivity index (χ0v) is 62.0. The Bertz CT molecular complexity index is 2470. The van der Waals surface area contributed by atoms with Gasteiger partial charge in [0.2, 0.25) is 0 Å². The number of aliphatic hydroxyl groups is 1. The van der Waals surface area contributed by atoms with Crippen molar-refractivity contribution in [1.29, 1.82) is 0 Å². The number of carbonyl (C=O) groups is 3. The lowest BCUT2D eigenvalue weighted by atomic mass is 9.46. The molecule has 6 aliphatic rings. The molecule has 0 radical (unpaired) electrons. The predicted octanol–water partition coefficient (Wildman–Crippen LogP) is 14.7. The van der Waals surface area contributed by atoms with Gasteiger partial charge >= 0.3 is 17.9 Å². The Balaban J connectivity index is 1.32. The second kappa shape index (κ2) is 29.5. The molecular formula is C68H118O16Si4. The highest BCUT2D eigenvalue weighted by atomic mass is 28.4. The monoisotopic (exact) mass is 1300 g/mol. The van der Waals surface area contributed by atoms with Crippen molar-refractivity contribution in [1.82, 2.24) is 0 Å². The smallest absolute Gasteiger partial charge is 0.338 e. The highest BCUT2D eigenvalue weighted by Gasteiger charge is 2.71. The fourth-order valence-corrected chi connectivity index (χ4v) is 26.5. The van der Waals surface area contributed by atoms with E-state index in [0.29, 0.717) is 30.1 Å². The quantitative estimate of drug-likeness (QED) is 0.0362. The minimum Gasteiger partial charge on any atom is -0.497 e. The molecule has 1 aromatic rings. The molecule has 20 heteroatoms. The van der Waals surface area contributed by atoms with Crippen molar-refractivity contribution < 1.29 is 75.1 Å². The molecule has 0 aromatic heterocycles. The molecule has 2 aliphatic heterocycles. The molecule has 1 N–H and O–H groups in total. The van der Waals surface area contributed by atoms with Crippen molar-refractivity contribution in [2.75, 3.05) is 26.9 Å². The van der Waals surface area contributed by atoms with Gasteiger partial charge in [0.1, 0.15) is 23.6 Å². The van der Waals surface area contributed by atoms with Gasteiger partial charge in [0.25, 0.3) is 0 Å². The summed E-state index contributed by atoms with van der Waals surface area (Å²) in [7, 11) is -7.80. The molecule has 2 saturated heterocycles. The van der Waals surface area contributed by atoms with Crippen LogP contribution in [-0.4, -0.2) is 150 Å². The van der Waals surface area contributed by atoms with E-state index in [2.05, 4.69) is 116 Å². The number of hydrogen-bond acceptors (Lipinski definition) is 16. The maximum absolute atomic E-state index is 14.8. The van der Waals surface area contributed by atoms with E-state index in [0.717, 1.165) is 86.5 Å².